The van der Waals surface area contributed by atoms with E-state index in [-0.39, 0.29) is 0 Å². The third-order valence-corrected chi connectivity index (χ3v) is 3.29. The van der Waals surface area contributed by atoms with Crippen molar-refractivity contribution in [3.63, 3.8) is 0 Å². The molecule has 4 heteroatoms. The molecule has 20 heavy (non-hydrogen) atoms. The van der Waals surface area contributed by atoms with Crippen LogP contribution in [-0.2, 0) is 0 Å². The van der Waals surface area contributed by atoms with Crippen molar-refractivity contribution < 1.29 is 9.21 Å². The van der Waals surface area contributed by atoms with E-state index in [1.807, 2.05) is 32.0 Å². The van der Waals surface area contributed by atoms with Crippen molar-refractivity contribution in [3.05, 3.63) is 53.3 Å². The van der Waals surface area contributed by atoms with Gasteiger partial charge in [0.2, 0.25) is 5.91 Å². The highest BCUT2D eigenvalue weighted by atomic mass is 16.3. The fourth-order valence-corrected chi connectivity index (χ4v) is 2.44. The normalized spacial score (nSPS) is 10.9. The molecule has 0 fully saturated rings. The van der Waals surface area contributed by atoms with Crippen LogP contribution in [0.5, 0.6) is 0 Å². The van der Waals surface area contributed by atoms with Crippen LogP contribution < -0.4 is 5.73 Å². The lowest BCUT2D eigenvalue weighted by molar-refractivity contribution is 0.100. The molecule has 0 spiro atoms. The first-order valence-electron chi connectivity index (χ1n) is 6.32. The highest BCUT2D eigenvalue weighted by Gasteiger charge is 2.14. The molecule has 0 bridgehead atoms. The summed E-state index contributed by atoms with van der Waals surface area (Å²) >= 11 is 0. The molecule has 0 radical (unpaired) electrons. The van der Waals surface area contributed by atoms with E-state index in [0.717, 1.165) is 22.0 Å². The Balaban J connectivity index is 2.40. The fraction of sp³-hybridized carbons (Fsp3) is 0.125. The second-order valence-corrected chi connectivity index (χ2v) is 4.87. The molecule has 0 aliphatic heterocycles. The summed E-state index contributed by atoms with van der Waals surface area (Å²) in [4.78, 5) is 16.3. The Labute approximate surface area is 116 Å². The average molecular weight is 266 g/mol. The van der Waals surface area contributed by atoms with E-state index in [2.05, 4.69) is 4.98 Å². The van der Waals surface area contributed by atoms with E-state index in [0.29, 0.717) is 17.0 Å². The van der Waals surface area contributed by atoms with Gasteiger partial charge in [-0.3, -0.25) is 4.79 Å². The third kappa shape index (κ3) is 1.95. The number of aromatic nitrogens is 1. The van der Waals surface area contributed by atoms with Crippen LogP contribution in [0.3, 0.4) is 0 Å². The van der Waals surface area contributed by atoms with Crippen molar-refractivity contribution in [1.29, 1.82) is 0 Å². The third-order valence-electron chi connectivity index (χ3n) is 3.29. The largest absolute Gasteiger partial charge is 0.463 e. The molecule has 100 valence electrons. The lowest BCUT2D eigenvalue weighted by Crippen LogP contribution is -2.12. The second kappa shape index (κ2) is 4.49. The Kier molecular flexibility index (Phi) is 2.79. The molecule has 0 saturated carbocycles. The van der Waals surface area contributed by atoms with Crippen LogP contribution in [0.2, 0.25) is 0 Å². The van der Waals surface area contributed by atoms with Crippen LogP contribution in [0.1, 0.15) is 21.5 Å². The van der Waals surface area contributed by atoms with E-state index in [1.54, 1.807) is 18.4 Å². The molecule has 0 aliphatic rings. The maximum Gasteiger partial charge on any atom is 0.249 e. The van der Waals surface area contributed by atoms with E-state index in [9.17, 15) is 4.79 Å². The summed E-state index contributed by atoms with van der Waals surface area (Å²) in [7, 11) is 0. The number of furan rings is 1. The average Bonchev–Trinajstić information content (AvgIpc) is 2.91. The van der Waals surface area contributed by atoms with Gasteiger partial charge in [-0.15, -0.1) is 0 Å². The number of amides is 1. The SMILES string of the molecule is Cc1cc(C)c2nc(-c3ccco3)cc(C(N)=O)c2c1. The number of fused-ring (bicyclic) bond motifs is 1. The minimum atomic E-state index is -0.463. The number of nitrogens with zero attached hydrogens (tertiary/aromatic N) is 1. The predicted molar refractivity (Wildman–Crippen MR) is 77.4 cm³/mol. The highest BCUT2D eigenvalue weighted by Crippen LogP contribution is 2.27. The van der Waals surface area contributed by atoms with E-state index < -0.39 is 5.91 Å². The Bertz CT molecular complexity index is 805. The van der Waals surface area contributed by atoms with E-state index in [4.69, 9.17) is 10.2 Å². The van der Waals surface area contributed by atoms with Crippen LogP contribution in [0.25, 0.3) is 22.4 Å². The maximum absolute atomic E-state index is 11.7. The number of nitrogens with two attached hydrogens (primary N) is 1. The Hall–Kier alpha value is -2.62. The minimum Gasteiger partial charge on any atom is -0.463 e. The monoisotopic (exact) mass is 266 g/mol. The summed E-state index contributed by atoms with van der Waals surface area (Å²) in [5.41, 5.74) is 9.45. The Morgan fingerprint density at radius 2 is 2.05 bits per heavy atom. The first-order valence-corrected chi connectivity index (χ1v) is 6.32. The van der Waals surface area contributed by atoms with Crippen LogP contribution in [-0.4, -0.2) is 10.9 Å². The van der Waals surface area contributed by atoms with Gasteiger partial charge in [-0.2, -0.15) is 0 Å². The molecule has 1 aromatic carbocycles. The second-order valence-electron chi connectivity index (χ2n) is 4.87. The minimum absolute atomic E-state index is 0.463. The van der Waals surface area contributed by atoms with E-state index >= 15 is 0 Å². The number of carbonyl (C=O) groups excluding carboxylic acids is 1. The molecule has 2 aromatic heterocycles. The summed E-state index contributed by atoms with van der Waals surface area (Å²) < 4.78 is 5.35. The van der Waals surface area contributed by atoms with Crippen LogP contribution in [0, 0.1) is 13.8 Å². The smallest absolute Gasteiger partial charge is 0.249 e. The number of carbonyl (C=O) groups is 1. The van der Waals surface area contributed by atoms with Gasteiger partial charge in [0.1, 0.15) is 5.69 Å². The van der Waals surface area contributed by atoms with Gasteiger partial charge in [0.05, 0.1) is 17.3 Å². The van der Waals surface area contributed by atoms with Crippen molar-refractivity contribution in [3.8, 4) is 11.5 Å². The first kappa shape index (κ1) is 12.4. The van der Waals surface area contributed by atoms with Crippen LogP contribution >= 0.6 is 0 Å². The molecule has 0 unspecified atom stereocenters. The van der Waals surface area contributed by atoms with Crippen molar-refractivity contribution in [2.75, 3.05) is 0 Å². The summed E-state index contributed by atoms with van der Waals surface area (Å²) in [5, 5.41) is 0.783. The van der Waals surface area contributed by atoms with Crippen LogP contribution in [0.4, 0.5) is 0 Å². The van der Waals surface area contributed by atoms with Gasteiger partial charge in [-0.25, -0.2) is 4.98 Å². The van der Waals surface area contributed by atoms with Gasteiger partial charge in [0, 0.05) is 5.39 Å². The number of aryl methyl sites for hydroxylation is 2. The predicted octanol–water partition coefficient (Wildman–Crippen LogP) is 3.21. The molecule has 0 aliphatic carbocycles. The van der Waals surface area contributed by atoms with Gasteiger partial charge >= 0.3 is 0 Å². The molecule has 3 aromatic rings. The van der Waals surface area contributed by atoms with Gasteiger partial charge in [0.25, 0.3) is 0 Å². The molecule has 0 atom stereocenters. The fourth-order valence-electron chi connectivity index (χ4n) is 2.44. The van der Waals surface area contributed by atoms with Gasteiger partial charge in [-0.05, 0) is 43.7 Å². The Morgan fingerprint density at radius 3 is 2.70 bits per heavy atom. The Morgan fingerprint density at radius 1 is 1.25 bits per heavy atom. The van der Waals surface area contributed by atoms with Crippen molar-refractivity contribution in [2.45, 2.75) is 13.8 Å². The zero-order valence-corrected chi connectivity index (χ0v) is 11.3. The van der Waals surface area contributed by atoms with Gasteiger partial charge in [-0.1, -0.05) is 11.6 Å². The van der Waals surface area contributed by atoms with Crippen molar-refractivity contribution in [1.82, 2.24) is 4.98 Å². The number of hydrogen-bond donors (Lipinski definition) is 1. The molecule has 1 amide bonds. The molecular weight excluding hydrogens is 252 g/mol. The lowest BCUT2D eigenvalue weighted by atomic mass is 10.0. The highest BCUT2D eigenvalue weighted by molar-refractivity contribution is 6.07. The number of primary amides is 1. The quantitative estimate of drug-likeness (QED) is 0.774. The van der Waals surface area contributed by atoms with Gasteiger partial charge in [0.15, 0.2) is 5.76 Å². The summed E-state index contributed by atoms with van der Waals surface area (Å²) in [6.45, 7) is 3.96. The van der Waals surface area contributed by atoms with Crippen molar-refractivity contribution >= 4 is 16.8 Å². The van der Waals surface area contributed by atoms with Crippen molar-refractivity contribution in [2.24, 2.45) is 5.73 Å². The number of hydrogen-bond acceptors (Lipinski definition) is 3. The maximum atomic E-state index is 11.7. The molecule has 2 N–H and O–H groups in total. The lowest BCUT2D eigenvalue weighted by Gasteiger charge is -2.09. The van der Waals surface area contributed by atoms with Crippen LogP contribution in [0.15, 0.2) is 41.0 Å². The number of rotatable bonds is 2. The molecular formula is C16H14N2O2. The zero-order valence-electron chi connectivity index (χ0n) is 11.3. The molecule has 4 nitrogen and oxygen atoms in total. The summed E-state index contributed by atoms with van der Waals surface area (Å²) in [6.07, 6.45) is 1.58. The van der Waals surface area contributed by atoms with E-state index in [1.165, 1.54) is 0 Å². The summed E-state index contributed by atoms with van der Waals surface area (Å²) in [6, 6.07) is 9.24. The summed E-state index contributed by atoms with van der Waals surface area (Å²) in [5.74, 6) is 0.157. The number of pyridine rings is 1. The topological polar surface area (TPSA) is 69.1 Å². The molecule has 2 heterocycles. The molecule has 3 rings (SSSR count). The number of benzene rings is 1. The first-order chi connectivity index (χ1) is 9.56. The van der Waals surface area contributed by atoms with Gasteiger partial charge < -0.3 is 10.2 Å². The standard InChI is InChI=1S/C16H14N2O2/c1-9-6-10(2)15-11(7-9)12(16(17)19)8-13(18-15)14-4-3-5-20-14/h3-8H,1-2H3,(H2,17,19). The molecule has 0 saturated heterocycles. The zero-order chi connectivity index (χ0) is 14.3.